The number of sulfone groups is 1. The second-order valence-electron chi connectivity index (χ2n) is 8.11. The van der Waals surface area contributed by atoms with Crippen LogP contribution >= 0.6 is 0 Å². The molecule has 0 aliphatic carbocycles. The number of rotatable bonds is 2. The molecule has 160 valence electrons. The van der Waals surface area contributed by atoms with Crippen LogP contribution < -0.4 is 20.3 Å². The summed E-state index contributed by atoms with van der Waals surface area (Å²) in [4.78, 5) is 15.8. The van der Waals surface area contributed by atoms with Crippen LogP contribution in [0.5, 0.6) is 5.75 Å². The van der Waals surface area contributed by atoms with Crippen LogP contribution in [0.1, 0.15) is 35.7 Å². The van der Waals surface area contributed by atoms with Crippen LogP contribution in [0.15, 0.2) is 12.4 Å². The fourth-order valence-corrected chi connectivity index (χ4v) is 5.60. The van der Waals surface area contributed by atoms with Gasteiger partial charge in [-0.05, 0) is 38.9 Å². The first-order valence-corrected chi connectivity index (χ1v) is 12.2. The van der Waals surface area contributed by atoms with E-state index in [0.29, 0.717) is 31.4 Å². The van der Waals surface area contributed by atoms with Gasteiger partial charge in [-0.2, -0.15) is 0 Å². The quantitative estimate of drug-likeness (QED) is 0.733. The van der Waals surface area contributed by atoms with Gasteiger partial charge in [-0.25, -0.2) is 18.4 Å². The zero-order valence-corrected chi connectivity index (χ0v) is 17.8. The smallest absolute Gasteiger partial charge is 0.164 e. The SMILES string of the molecule is Cc1nc(C2CCNCC2)cc2c1OCc1c(ncnc1N1CCS(=O)(=O)CC1)N2. The summed E-state index contributed by atoms with van der Waals surface area (Å²) < 4.78 is 29.8. The molecule has 0 amide bonds. The van der Waals surface area contributed by atoms with Crippen molar-refractivity contribution in [2.45, 2.75) is 32.3 Å². The van der Waals surface area contributed by atoms with Gasteiger partial charge in [-0.15, -0.1) is 0 Å². The molecule has 5 rings (SSSR count). The van der Waals surface area contributed by atoms with Crippen molar-refractivity contribution in [1.29, 1.82) is 0 Å². The van der Waals surface area contributed by atoms with Gasteiger partial charge >= 0.3 is 0 Å². The Morgan fingerprint density at radius 2 is 1.93 bits per heavy atom. The number of aryl methyl sites for hydroxylation is 1. The number of anilines is 3. The highest BCUT2D eigenvalue weighted by atomic mass is 32.2. The van der Waals surface area contributed by atoms with Gasteiger partial charge < -0.3 is 20.3 Å². The number of hydrogen-bond donors (Lipinski definition) is 2. The molecule has 0 radical (unpaired) electrons. The number of nitrogens with zero attached hydrogens (tertiary/aromatic N) is 4. The molecule has 3 aliphatic heterocycles. The molecule has 3 aliphatic rings. The van der Waals surface area contributed by atoms with Crippen LogP contribution in [0, 0.1) is 6.92 Å². The summed E-state index contributed by atoms with van der Waals surface area (Å²) in [6.07, 6.45) is 3.68. The third-order valence-electron chi connectivity index (χ3n) is 6.10. The third-order valence-corrected chi connectivity index (χ3v) is 7.71. The second kappa shape index (κ2) is 7.66. The molecule has 2 saturated heterocycles. The van der Waals surface area contributed by atoms with E-state index < -0.39 is 9.84 Å². The molecule has 0 unspecified atom stereocenters. The zero-order chi connectivity index (χ0) is 20.7. The normalized spacial score (nSPS) is 21.0. The lowest BCUT2D eigenvalue weighted by Gasteiger charge is -2.29. The van der Waals surface area contributed by atoms with Gasteiger partial charge in [-0.1, -0.05) is 0 Å². The maximum absolute atomic E-state index is 11.8. The summed E-state index contributed by atoms with van der Waals surface area (Å²) >= 11 is 0. The molecule has 2 aromatic heterocycles. The zero-order valence-electron chi connectivity index (χ0n) is 17.0. The number of piperidine rings is 1. The number of pyridine rings is 1. The number of ether oxygens (including phenoxy) is 1. The maximum Gasteiger partial charge on any atom is 0.164 e. The first kappa shape index (κ1) is 19.5. The van der Waals surface area contributed by atoms with E-state index in [0.717, 1.165) is 60.1 Å². The highest BCUT2D eigenvalue weighted by Gasteiger charge is 2.28. The van der Waals surface area contributed by atoms with Gasteiger partial charge in [0.2, 0.25) is 0 Å². The Kier molecular flexibility index (Phi) is 4.98. The number of aromatic nitrogens is 3. The predicted molar refractivity (Wildman–Crippen MR) is 114 cm³/mol. The summed E-state index contributed by atoms with van der Waals surface area (Å²) in [5.41, 5.74) is 3.67. The minimum absolute atomic E-state index is 0.142. The van der Waals surface area contributed by atoms with Crippen molar-refractivity contribution in [1.82, 2.24) is 20.3 Å². The van der Waals surface area contributed by atoms with E-state index in [1.807, 2.05) is 11.8 Å². The third kappa shape index (κ3) is 3.69. The summed E-state index contributed by atoms with van der Waals surface area (Å²) in [7, 11) is -2.96. The van der Waals surface area contributed by atoms with Gasteiger partial charge in [0.1, 0.15) is 24.6 Å². The van der Waals surface area contributed by atoms with Crippen LogP contribution in [0.2, 0.25) is 0 Å². The first-order chi connectivity index (χ1) is 14.5. The average molecular weight is 431 g/mol. The van der Waals surface area contributed by atoms with Crippen molar-refractivity contribution < 1.29 is 13.2 Å². The van der Waals surface area contributed by atoms with Crippen LogP contribution in [-0.4, -0.2) is 61.1 Å². The lowest BCUT2D eigenvalue weighted by Crippen LogP contribution is -2.41. The Hall–Kier alpha value is -2.46. The highest BCUT2D eigenvalue weighted by Crippen LogP contribution is 2.39. The van der Waals surface area contributed by atoms with E-state index in [4.69, 9.17) is 9.72 Å². The lowest BCUT2D eigenvalue weighted by molar-refractivity contribution is 0.306. The van der Waals surface area contributed by atoms with Crippen molar-refractivity contribution in [2.75, 3.05) is 47.9 Å². The van der Waals surface area contributed by atoms with Gasteiger partial charge in [0, 0.05) is 24.7 Å². The molecule has 0 saturated carbocycles. The molecular weight excluding hydrogens is 404 g/mol. The number of hydrogen-bond acceptors (Lipinski definition) is 9. The van der Waals surface area contributed by atoms with Gasteiger partial charge in [0.15, 0.2) is 15.6 Å². The standard InChI is InChI=1S/C20H26N6O3S/c1-13-18-17(10-16(24-13)14-2-4-21-5-3-14)25-19-15(11-29-18)20(23-12-22-19)26-6-8-30(27,28)9-7-26/h10,12,14,21H,2-9,11H2,1H3,(H,22,23,25). The summed E-state index contributed by atoms with van der Waals surface area (Å²) in [5, 5.41) is 6.84. The molecule has 2 fully saturated rings. The van der Waals surface area contributed by atoms with Crippen molar-refractivity contribution in [3.8, 4) is 5.75 Å². The summed E-state index contributed by atoms with van der Waals surface area (Å²) in [6.45, 7) is 5.17. The molecule has 0 aromatic carbocycles. The Bertz CT molecular complexity index is 1050. The average Bonchev–Trinajstić information content (AvgIpc) is 2.94. The van der Waals surface area contributed by atoms with Gasteiger partial charge in [-0.3, -0.25) is 4.98 Å². The minimum atomic E-state index is -2.96. The van der Waals surface area contributed by atoms with Crippen LogP contribution in [0.25, 0.3) is 0 Å². The monoisotopic (exact) mass is 430 g/mol. The van der Waals surface area contributed by atoms with E-state index in [-0.39, 0.29) is 11.5 Å². The fraction of sp³-hybridized carbons (Fsp3) is 0.550. The molecule has 0 bridgehead atoms. The van der Waals surface area contributed by atoms with Crippen molar-refractivity contribution in [3.63, 3.8) is 0 Å². The van der Waals surface area contributed by atoms with Crippen LogP contribution in [-0.2, 0) is 16.4 Å². The Morgan fingerprint density at radius 1 is 1.17 bits per heavy atom. The summed E-state index contributed by atoms with van der Waals surface area (Å²) in [6, 6.07) is 2.09. The summed E-state index contributed by atoms with van der Waals surface area (Å²) in [5.74, 6) is 2.90. The molecule has 30 heavy (non-hydrogen) atoms. The minimum Gasteiger partial charge on any atom is -0.485 e. The molecule has 2 aromatic rings. The van der Waals surface area contributed by atoms with E-state index >= 15 is 0 Å². The molecule has 0 atom stereocenters. The van der Waals surface area contributed by atoms with E-state index in [2.05, 4.69) is 26.7 Å². The molecule has 0 spiro atoms. The van der Waals surface area contributed by atoms with Gasteiger partial charge in [0.25, 0.3) is 0 Å². The lowest BCUT2D eigenvalue weighted by atomic mass is 9.93. The predicted octanol–water partition coefficient (Wildman–Crippen LogP) is 1.52. The maximum atomic E-state index is 11.8. The molecule has 2 N–H and O–H groups in total. The van der Waals surface area contributed by atoms with Crippen molar-refractivity contribution in [2.24, 2.45) is 0 Å². The van der Waals surface area contributed by atoms with Gasteiger partial charge in [0.05, 0.1) is 28.5 Å². The number of fused-ring (bicyclic) bond motifs is 2. The topological polar surface area (TPSA) is 109 Å². The molecule has 9 nitrogen and oxygen atoms in total. The molecule has 10 heteroatoms. The van der Waals surface area contributed by atoms with E-state index in [9.17, 15) is 8.42 Å². The van der Waals surface area contributed by atoms with Crippen LogP contribution in [0.3, 0.4) is 0 Å². The highest BCUT2D eigenvalue weighted by molar-refractivity contribution is 7.91. The first-order valence-electron chi connectivity index (χ1n) is 10.4. The largest absolute Gasteiger partial charge is 0.485 e. The van der Waals surface area contributed by atoms with E-state index in [1.165, 1.54) is 6.33 Å². The van der Waals surface area contributed by atoms with Crippen molar-refractivity contribution in [3.05, 3.63) is 29.3 Å². The Balaban J connectivity index is 1.47. The Labute approximate surface area is 176 Å². The van der Waals surface area contributed by atoms with E-state index in [1.54, 1.807) is 0 Å². The second-order valence-corrected chi connectivity index (χ2v) is 10.4. The number of nitrogens with one attached hydrogen (secondary N) is 2. The molecular formula is C20H26N6O3S. The van der Waals surface area contributed by atoms with Crippen molar-refractivity contribution >= 4 is 27.2 Å². The Morgan fingerprint density at radius 3 is 2.70 bits per heavy atom. The fourth-order valence-electron chi connectivity index (χ4n) is 4.40. The van der Waals surface area contributed by atoms with Crippen LogP contribution in [0.4, 0.5) is 17.3 Å². The molecule has 5 heterocycles.